The second kappa shape index (κ2) is 7.03. The monoisotopic (exact) mass is 427 g/mol. The van der Waals surface area contributed by atoms with Crippen LogP contribution in [-0.4, -0.2) is 42.4 Å². The van der Waals surface area contributed by atoms with E-state index in [9.17, 15) is 26.4 Å². The molecule has 2 heterocycles. The van der Waals surface area contributed by atoms with Crippen LogP contribution in [0.3, 0.4) is 0 Å². The van der Waals surface area contributed by atoms with E-state index in [1.54, 1.807) is 0 Å². The second-order valence-corrected chi connectivity index (χ2v) is 8.60. The highest BCUT2D eigenvalue weighted by Crippen LogP contribution is 2.34. The number of hydrogen-bond acceptors (Lipinski definition) is 6. The Morgan fingerprint density at radius 1 is 1.24 bits per heavy atom. The van der Waals surface area contributed by atoms with E-state index < -0.39 is 50.4 Å². The molecule has 0 bridgehead atoms. The number of hydrogen-bond donors (Lipinski definition) is 2. The Hall–Kier alpha value is -3.15. The maximum absolute atomic E-state index is 14.5. The Morgan fingerprint density at radius 3 is 2.55 bits per heavy atom. The molecule has 0 fully saturated rings. The molecule has 0 unspecified atom stereocenters. The Balaban J connectivity index is 1.98. The van der Waals surface area contributed by atoms with Crippen molar-refractivity contribution in [1.29, 1.82) is 0 Å². The molecule has 1 atom stereocenters. The van der Waals surface area contributed by atoms with Gasteiger partial charge in [-0.2, -0.15) is 4.39 Å². The number of rotatable bonds is 3. The van der Waals surface area contributed by atoms with Gasteiger partial charge in [0.1, 0.15) is 17.2 Å². The summed E-state index contributed by atoms with van der Waals surface area (Å²) in [4.78, 5) is 19.6. The fourth-order valence-corrected chi connectivity index (χ4v) is 4.33. The first-order chi connectivity index (χ1) is 13.4. The van der Waals surface area contributed by atoms with Crippen LogP contribution in [-0.2, 0) is 15.6 Å². The molecule has 154 valence electrons. The number of carbonyl (C=O) groups excluding carboxylic acids is 1. The van der Waals surface area contributed by atoms with Crippen LogP contribution in [0.4, 0.5) is 18.9 Å². The van der Waals surface area contributed by atoms with E-state index in [-0.39, 0.29) is 17.2 Å². The average molecular weight is 427 g/mol. The largest absolute Gasteiger partial charge is 0.369 e. The third-order valence-corrected chi connectivity index (χ3v) is 6.38. The summed E-state index contributed by atoms with van der Waals surface area (Å²) >= 11 is 0. The Labute approximate surface area is 164 Å². The SMILES string of the molecule is CN1C(N)=N[C@](C)(c2cc(NC(=O)c3cnc(F)cc3F)ccc2F)CS1(=O)=O. The minimum absolute atomic E-state index is 0.0430. The molecule has 0 spiro atoms. The van der Waals surface area contributed by atoms with Gasteiger partial charge < -0.3 is 11.1 Å². The molecule has 12 heteroatoms. The van der Waals surface area contributed by atoms with Crippen molar-refractivity contribution in [1.82, 2.24) is 9.29 Å². The molecular weight excluding hydrogens is 411 g/mol. The van der Waals surface area contributed by atoms with Crippen LogP contribution in [0.25, 0.3) is 0 Å². The van der Waals surface area contributed by atoms with Crippen molar-refractivity contribution in [3.8, 4) is 0 Å². The number of guanidine groups is 1. The molecule has 2 aromatic rings. The lowest BCUT2D eigenvalue weighted by Gasteiger charge is -2.34. The lowest BCUT2D eigenvalue weighted by molar-refractivity contribution is 0.102. The molecular formula is C17H16F3N5O3S. The number of sulfonamides is 1. The van der Waals surface area contributed by atoms with Crippen molar-refractivity contribution in [2.75, 3.05) is 18.1 Å². The van der Waals surface area contributed by atoms with Gasteiger partial charge in [-0.1, -0.05) is 0 Å². The first-order valence-corrected chi connectivity index (χ1v) is 9.78. The number of aliphatic imine (C=N–C) groups is 1. The van der Waals surface area contributed by atoms with E-state index in [0.717, 1.165) is 16.6 Å². The molecule has 1 aliphatic heterocycles. The fraction of sp³-hybridized carbons (Fsp3) is 0.235. The number of halogens is 3. The first kappa shape index (κ1) is 20.6. The van der Waals surface area contributed by atoms with E-state index >= 15 is 0 Å². The molecule has 8 nitrogen and oxygen atoms in total. The zero-order chi connectivity index (χ0) is 21.6. The molecule has 1 aromatic carbocycles. The molecule has 29 heavy (non-hydrogen) atoms. The average Bonchev–Trinajstić information content (AvgIpc) is 2.60. The number of anilines is 1. The van der Waals surface area contributed by atoms with E-state index in [4.69, 9.17) is 5.73 Å². The van der Waals surface area contributed by atoms with E-state index in [1.807, 2.05) is 0 Å². The predicted molar refractivity (Wildman–Crippen MR) is 99.0 cm³/mol. The summed E-state index contributed by atoms with van der Waals surface area (Å²) in [5, 5.41) is 2.34. The van der Waals surface area contributed by atoms with Gasteiger partial charge in [0.2, 0.25) is 21.9 Å². The smallest absolute Gasteiger partial charge is 0.260 e. The van der Waals surface area contributed by atoms with Crippen LogP contribution in [0, 0.1) is 17.6 Å². The summed E-state index contributed by atoms with van der Waals surface area (Å²) in [7, 11) is -2.61. The molecule has 0 saturated carbocycles. The summed E-state index contributed by atoms with van der Waals surface area (Å²) in [6.45, 7) is 1.39. The number of nitrogens with one attached hydrogen (secondary N) is 1. The van der Waals surface area contributed by atoms with Crippen LogP contribution in [0.2, 0.25) is 0 Å². The molecule has 0 saturated heterocycles. The van der Waals surface area contributed by atoms with Crippen molar-refractivity contribution in [2.24, 2.45) is 10.7 Å². The normalized spacial score (nSPS) is 20.9. The number of aromatic nitrogens is 1. The summed E-state index contributed by atoms with van der Waals surface area (Å²) in [5.41, 5.74) is 3.50. The molecule has 3 N–H and O–H groups in total. The highest BCUT2D eigenvalue weighted by Gasteiger charge is 2.41. The van der Waals surface area contributed by atoms with Gasteiger partial charge in [-0.15, -0.1) is 0 Å². The van der Waals surface area contributed by atoms with Gasteiger partial charge in [-0.05, 0) is 25.1 Å². The van der Waals surface area contributed by atoms with Gasteiger partial charge in [0.25, 0.3) is 5.91 Å². The van der Waals surface area contributed by atoms with E-state index in [0.29, 0.717) is 6.07 Å². The second-order valence-electron chi connectivity index (χ2n) is 6.60. The number of amides is 1. The molecule has 0 radical (unpaired) electrons. The zero-order valence-electron chi connectivity index (χ0n) is 15.3. The molecule has 1 amide bonds. The maximum Gasteiger partial charge on any atom is 0.260 e. The molecule has 1 aromatic heterocycles. The quantitative estimate of drug-likeness (QED) is 0.721. The van der Waals surface area contributed by atoms with Gasteiger partial charge in [0, 0.05) is 30.6 Å². The minimum Gasteiger partial charge on any atom is -0.369 e. The van der Waals surface area contributed by atoms with Gasteiger partial charge in [0.15, 0.2) is 0 Å². The van der Waals surface area contributed by atoms with Gasteiger partial charge in [-0.25, -0.2) is 31.5 Å². The van der Waals surface area contributed by atoms with Crippen LogP contribution >= 0.6 is 0 Å². The third-order valence-electron chi connectivity index (χ3n) is 4.43. The molecule has 1 aliphatic rings. The van der Waals surface area contributed by atoms with Gasteiger partial charge in [-0.3, -0.25) is 4.79 Å². The van der Waals surface area contributed by atoms with Crippen molar-refractivity contribution >= 4 is 27.6 Å². The lowest BCUT2D eigenvalue weighted by Crippen LogP contribution is -2.50. The number of nitrogens with zero attached hydrogens (tertiary/aromatic N) is 3. The van der Waals surface area contributed by atoms with Crippen molar-refractivity contribution in [3.05, 3.63) is 59.2 Å². The summed E-state index contributed by atoms with van der Waals surface area (Å²) < 4.78 is 66.6. The number of carbonyl (C=O) groups is 1. The molecule has 3 rings (SSSR count). The van der Waals surface area contributed by atoms with Crippen molar-refractivity contribution in [3.63, 3.8) is 0 Å². The lowest BCUT2D eigenvalue weighted by atomic mass is 9.93. The van der Waals surface area contributed by atoms with Crippen LogP contribution in [0.1, 0.15) is 22.8 Å². The molecule has 0 aliphatic carbocycles. The fourth-order valence-electron chi connectivity index (χ4n) is 2.88. The maximum atomic E-state index is 14.5. The Morgan fingerprint density at radius 2 is 1.93 bits per heavy atom. The van der Waals surface area contributed by atoms with E-state index in [2.05, 4.69) is 15.3 Å². The number of nitrogens with two attached hydrogens (primary N) is 1. The van der Waals surface area contributed by atoms with Crippen LogP contribution < -0.4 is 11.1 Å². The Kier molecular flexibility index (Phi) is 4.99. The number of benzene rings is 1. The summed E-state index contributed by atoms with van der Waals surface area (Å²) in [6, 6.07) is 3.84. The standard InChI is InChI=1S/C17H16F3N5O3S/c1-17(8-29(27,28)25(2)16(21)24-17)11-5-9(3-4-12(11)18)23-15(26)10-7-22-14(20)6-13(10)19/h3-7H,8H2,1-2H3,(H2,21,24)(H,23,26)/t17-/m0/s1. The topological polar surface area (TPSA) is 118 Å². The number of pyridine rings is 1. The zero-order valence-corrected chi connectivity index (χ0v) is 16.1. The minimum atomic E-state index is -3.84. The predicted octanol–water partition coefficient (Wildman–Crippen LogP) is 1.56. The highest BCUT2D eigenvalue weighted by atomic mass is 32.2. The van der Waals surface area contributed by atoms with Crippen molar-refractivity contribution in [2.45, 2.75) is 12.5 Å². The summed E-state index contributed by atoms with van der Waals surface area (Å²) in [6.07, 6.45) is 0.723. The van der Waals surface area contributed by atoms with E-state index in [1.165, 1.54) is 26.1 Å². The summed E-state index contributed by atoms with van der Waals surface area (Å²) in [5.74, 6) is -4.79. The van der Waals surface area contributed by atoms with Gasteiger partial charge >= 0.3 is 0 Å². The van der Waals surface area contributed by atoms with Crippen LogP contribution in [0.5, 0.6) is 0 Å². The highest BCUT2D eigenvalue weighted by molar-refractivity contribution is 7.89. The Bertz CT molecular complexity index is 1140. The first-order valence-electron chi connectivity index (χ1n) is 8.17. The van der Waals surface area contributed by atoms with Gasteiger partial charge in [0.05, 0.1) is 11.3 Å². The van der Waals surface area contributed by atoms with Crippen molar-refractivity contribution < 1.29 is 26.4 Å². The van der Waals surface area contributed by atoms with Crippen LogP contribution in [0.15, 0.2) is 35.5 Å². The third kappa shape index (κ3) is 3.88.